The predicted octanol–water partition coefficient (Wildman–Crippen LogP) is 7.15. The summed E-state index contributed by atoms with van der Waals surface area (Å²) in [5.74, 6) is 2.21. The number of hydrogen-bond donors (Lipinski definition) is 2. The lowest BCUT2D eigenvalue weighted by atomic mass is 9.91. The van der Waals surface area contributed by atoms with Gasteiger partial charge in [-0.2, -0.15) is 0 Å². The van der Waals surface area contributed by atoms with Gasteiger partial charge in [0.1, 0.15) is 5.75 Å². The average Bonchev–Trinajstić information content (AvgIpc) is 3.63. The molecule has 0 radical (unpaired) electrons. The van der Waals surface area contributed by atoms with Crippen LogP contribution in [0.5, 0.6) is 5.75 Å². The van der Waals surface area contributed by atoms with Crippen LogP contribution in [-0.4, -0.2) is 52.9 Å². The number of nitrogens with two attached hydrogens (primary N) is 1. The Labute approximate surface area is 260 Å². The first-order valence-electron chi connectivity index (χ1n) is 16.4. The summed E-state index contributed by atoms with van der Waals surface area (Å²) >= 11 is 0. The molecule has 2 saturated heterocycles. The molecule has 6 nitrogen and oxygen atoms in total. The zero-order valence-corrected chi connectivity index (χ0v) is 26.1. The standard InChI is InChI=1S/C18H26N2O.C18H25NO2.CH4/c1-3-4-5-6-10-20-12-15-16(17(20)21)18(15,2)13-8-7-9-14(19)11-13;1-3-4-5-6-10-19-12-15-16(17(19)21)18(15,2)13-8-7-9-14(20)11-13;/h7-9,11,15-16H,3-6,10,12,19H2,1-2H3;7-9,11,15-16,20H,3-6,10,12H2,1-2H3;1H4. The number of nitrogens with zero attached hydrogens (tertiary/aromatic N) is 2. The van der Waals surface area contributed by atoms with Crippen LogP contribution < -0.4 is 5.73 Å². The van der Waals surface area contributed by atoms with Crippen molar-refractivity contribution < 1.29 is 14.7 Å². The van der Waals surface area contributed by atoms with E-state index in [4.69, 9.17) is 5.73 Å². The SMILES string of the molecule is C.CCCCCCN1CC2C(C1=O)C2(C)c1cccc(N)c1.CCCCCCN1CC2C(C1=O)C2(C)c1cccc(O)c1. The molecule has 3 N–H and O–H groups in total. The summed E-state index contributed by atoms with van der Waals surface area (Å²) in [5.41, 5.74) is 8.99. The fraction of sp³-hybridized carbons (Fsp3) is 0.622. The number of hydrogen-bond acceptors (Lipinski definition) is 4. The minimum atomic E-state index is -0.0598. The third kappa shape index (κ3) is 6.17. The molecule has 0 bridgehead atoms. The van der Waals surface area contributed by atoms with Crippen LogP contribution in [-0.2, 0) is 20.4 Å². The number of piperidine rings is 2. The molecule has 2 saturated carbocycles. The van der Waals surface area contributed by atoms with Gasteiger partial charge in [-0.05, 0) is 60.1 Å². The minimum Gasteiger partial charge on any atom is -0.508 e. The van der Waals surface area contributed by atoms with Crippen LogP contribution in [0, 0.1) is 23.7 Å². The lowest BCUT2D eigenvalue weighted by Gasteiger charge is -2.24. The molecule has 4 aliphatic rings. The maximum Gasteiger partial charge on any atom is 0.226 e. The van der Waals surface area contributed by atoms with Gasteiger partial charge in [-0.15, -0.1) is 0 Å². The molecule has 2 aliphatic carbocycles. The van der Waals surface area contributed by atoms with Crippen LogP contribution in [0.1, 0.15) is 97.6 Å². The van der Waals surface area contributed by atoms with E-state index in [0.717, 1.165) is 50.3 Å². The Balaban J connectivity index is 0.000000192. The molecule has 2 aromatic carbocycles. The van der Waals surface area contributed by atoms with Crippen molar-refractivity contribution in [3.05, 3.63) is 59.7 Å². The number of carbonyl (C=O) groups is 2. The highest BCUT2D eigenvalue weighted by atomic mass is 16.3. The van der Waals surface area contributed by atoms with Crippen molar-refractivity contribution >= 4 is 17.5 Å². The predicted molar refractivity (Wildman–Crippen MR) is 176 cm³/mol. The zero-order valence-electron chi connectivity index (χ0n) is 26.1. The van der Waals surface area contributed by atoms with Gasteiger partial charge in [0, 0.05) is 42.7 Å². The molecule has 6 rings (SSSR count). The van der Waals surface area contributed by atoms with Crippen molar-refractivity contribution in [2.45, 2.75) is 97.3 Å². The number of unbranched alkanes of at least 4 members (excludes halogenated alkanes) is 6. The fourth-order valence-corrected chi connectivity index (χ4v) is 8.06. The Morgan fingerprint density at radius 1 is 0.744 bits per heavy atom. The van der Waals surface area contributed by atoms with Gasteiger partial charge < -0.3 is 20.6 Å². The molecule has 4 fully saturated rings. The molecule has 2 aromatic rings. The lowest BCUT2D eigenvalue weighted by molar-refractivity contribution is -0.131. The van der Waals surface area contributed by atoms with Crippen LogP contribution in [0.3, 0.4) is 0 Å². The summed E-state index contributed by atoms with van der Waals surface area (Å²) in [7, 11) is 0. The minimum absolute atomic E-state index is 0. The Kier molecular flexibility index (Phi) is 10.2. The number of phenolic OH excluding ortho intramolecular Hbond substituents is 1. The Bertz CT molecular complexity index is 1180. The van der Waals surface area contributed by atoms with E-state index >= 15 is 0 Å². The highest BCUT2D eigenvalue weighted by molar-refractivity contribution is 5.89. The molecule has 236 valence electrons. The normalized spacial score (nSPS) is 29.9. The fourth-order valence-electron chi connectivity index (χ4n) is 8.06. The van der Waals surface area contributed by atoms with E-state index in [-0.39, 0.29) is 30.1 Å². The van der Waals surface area contributed by atoms with Crippen molar-refractivity contribution in [1.82, 2.24) is 9.80 Å². The second kappa shape index (κ2) is 13.3. The lowest BCUT2D eigenvalue weighted by Crippen LogP contribution is -2.34. The molecule has 43 heavy (non-hydrogen) atoms. The largest absolute Gasteiger partial charge is 0.508 e. The molecular weight excluding hydrogens is 534 g/mol. The highest BCUT2D eigenvalue weighted by Crippen LogP contribution is 2.65. The van der Waals surface area contributed by atoms with Gasteiger partial charge >= 0.3 is 0 Å². The van der Waals surface area contributed by atoms with Gasteiger partial charge in [-0.1, -0.05) is 97.9 Å². The van der Waals surface area contributed by atoms with Crippen LogP contribution in [0.2, 0.25) is 0 Å². The number of carbonyl (C=O) groups excluding carboxylic acids is 2. The molecule has 6 atom stereocenters. The molecule has 2 amide bonds. The number of phenols is 1. The molecule has 0 aromatic heterocycles. The summed E-state index contributed by atoms with van der Waals surface area (Å²) < 4.78 is 0. The highest BCUT2D eigenvalue weighted by Gasteiger charge is 2.71. The summed E-state index contributed by atoms with van der Waals surface area (Å²) in [6.07, 6.45) is 9.74. The van der Waals surface area contributed by atoms with Crippen LogP contribution in [0.15, 0.2) is 48.5 Å². The maximum atomic E-state index is 12.6. The van der Waals surface area contributed by atoms with Crippen molar-refractivity contribution in [3.63, 3.8) is 0 Å². The quantitative estimate of drug-likeness (QED) is 0.203. The van der Waals surface area contributed by atoms with E-state index in [1.807, 2.05) is 36.4 Å². The van der Waals surface area contributed by atoms with Gasteiger partial charge in [-0.3, -0.25) is 9.59 Å². The van der Waals surface area contributed by atoms with Gasteiger partial charge in [0.15, 0.2) is 0 Å². The Morgan fingerprint density at radius 2 is 1.21 bits per heavy atom. The third-order valence-electron chi connectivity index (χ3n) is 10.9. The van der Waals surface area contributed by atoms with E-state index in [1.54, 1.807) is 6.07 Å². The first-order valence-corrected chi connectivity index (χ1v) is 16.4. The summed E-state index contributed by atoms with van der Waals surface area (Å²) in [5, 5.41) is 9.66. The van der Waals surface area contributed by atoms with Crippen molar-refractivity contribution in [1.29, 1.82) is 0 Å². The van der Waals surface area contributed by atoms with Gasteiger partial charge in [0.2, 0.25) is 11.8 Å². The van der Waals surface area contributed by atoms with E-state index in [1.165, 1.54) is 44.1 Å². The number of fused-ring (bicyclic) bond motifs is 2. The number of benzene rings is 2. The molecular formula is C37H55N3O3. The van der Waals surface area contributed by atoms with Crippen LogP contribution >= 0.6 is 0 Å². The number of aromatic hydroxyl groups is 1. The zero-order chi connectivity index (χ0) is 30.1. The Hall–Kier alpha value is -3.02. The molecule has 2 aliphatic heterocycles. The third-order valence-corrected chi connectivity index (χ3v) is 10.9. The topological polar surface area (TPSA) is 86.9 Å². The molecule has 6 heteroatoms. The summed E-state index contributed by atoms with van der Waals surface area (Å²) in [6, 6.07) is 15.5. The number of rotatable bonds is 12. The average molecular weight is 590 g/mol. The number of nitrogen functional groups attached to an aromatic ring is 1. The first kappa shape index (κ1) is 32.9. The van der Waals surface area contributed by atoms with E-state index < -0.39 is 0 Å². The maximum absolute atomic E-state index is 12.6. The molecule has 2 heterocycles. The number of amides is 2. The van der Waals surface area contributed by atoms with E-state index in [2.05, 4.69) is 43.6 Å². The van der Waals surface area contributed by atoms with E-state index in [9.17, 15) is 14.7 Å². The van der Waals surface area contributed by atoms with Crippen molar-refractivity contribution in [3.8, 4) is 5.75 Å². The van der Waals surface area contributed by atoms with Crippen molar-refractivity contribution in [2.24, 2.45) is 23.7 Å². The number of anilines is 1. The summed E-state index contributed by atoms with van der Waals surface area (Å²) in [6.45, 7) is 12.5. The molecule has 6 unspecified atom stereocenters. The first-order chi connectivity index (χ1) is 20.2. The van der Waals surface area contributed by atoms with Gasteiger partial charge in [-0.25, -0.2) is 0 Å². The van der Waals surface area contributed by atoms with Crippen LogP contribution in [0.25, 0.3) is 0 Å². The smallest absolute Gasteiger partial charge is 0.226 e. The molecule has 0 spiro atoms. The van der Waals surface area contributed by atoms with Crippen LogP contribution in [0.4, 0.5) is 5.69 Å². The summed E-state index contributed by atoms with van der Waals surface area (Å²) in [4.78, 5) is 29.3. The van der Waals surface area contributed by atoms with Crippen molar-refractivity contribution in [2.75, 3.05) is 31.9 Å². The Morgan fingerprint density at radius 3 is 1.60 bits per heavy atom. The van der Waals surface area contributed by atoms with E-state index in [0.29, 0.717) is 29.4 Å². The number of likely N-dealkylation sites (tertiary alicyclic amines) is 2. The van der Waals surface area contributed by atoms with Gasteiger partial charge in [0.05, 0.1) is 11.8 Å². The monoisotopic (exact) mass is 589 g/mol. The second-order valence-corrected chi connectivity index (χ2v) is 13.6. The van der Waals surface area contributed by atoms with Gasteiger partial charge in [0.25, 0.3) is 0 Å². The second-order valence-electron chi connectivity index (χ2n) is 13.6.